The number of benzene rings is 2. The Hall–Kier alpha value is -1.60. The molecule has 24 heavy (non-hydrogen) atoms. The lowest BCUT2D eigenvalue weighted by Crippen LogP contribution is -2.48. The van der Waals surface area contributed by atoms with Gasteiger partial charge in [0.25, 0.3) is 0 Å². The molecule has 1 unspecified atom stereocenters. The second-order valence-corrected chi connectivity index (χ2v) is 13.1. The van der Waals surface area contributed by atoms with Gasteiger partial charge in [-0.1, -0.05) is 104 Å². The fourth-order valence-corrected chi connectivity index (χ4v) is 7.96. The molecule has 0 fully saturated rings. The van der Waals surface area contributed by atoms with Gasteiger partial charge in [0.2, 0.25) is 0 Å². The molecule has 3 rings (SSSR count). The second kappa shape index (κ2) is 6.72. The smallest absolute Gasteiger partial charge is 0.0793 e. The SMILES string of the molecule is CC1(C)C=C(C(c2ccccc2)[Si](C)(C)c2ccccc2)CCC1. The lowest BCUT2D eigenvalue weighted by Gasteiger charge is -2.39. The van der Waals surface area contributed by atoms with Crippen LogP contribution in [0.25, 0.3) is 0 Å². The molecule has 0 aliphatic heterocycles. The Morgan fingerprint density at radius 2 is 1.46 bits per heavy atom. The van der Waals surface area contributed by atoms with Crippen LogP contribution >= 0.6 is 0 Å². The zero-order valence-corrected chi connectivity index (χ0v) is 16.5. The van der Waals surface area contributed by atoms with Crippen LogP contribution in [0.4, 0.5) is 0 Å². The third-order valence-electron chi connectivity index (χ3n) is 5.61. The molecule has 0 nitrogen and oxygen atoms in total. The molecule has 0 bridgehead atoms. The molecule has 0 N–H and O–H groups in total. The minimum atomic E-state index is -1.67. The van der Waals surface area contributed by atoms with Gasteiger partial charge in [-0.3, -0.25) is 0 Å². The standard InChI is InChI=1S/C23H30Si/c1-23(2)17-11-14-20(18-23)22(19-12-7-5-8-13-19)24(3,4)21-15-9-6-10-16-21/h5-10,12-13,15-16,18,22H,11,14,17H2,1-4H3. The van der Waals surface area contributed by atoms with Crippen molar-refractivity contribution in [2.24, 2.45) is 5.41 Å². The zero-order chi connectivity index (χ0) is 17.2. The van der Waals surface area contributed by atoms with Crippen molar-refractivity contribution in [1.29, 1.82) is 0 Å². The predicted molar refractivity (Wildman–Crippen MR) is 108 cm³/mol. The highest BCUT2D eigenvalue weighted by Gasteiger charge is 2.38. The fraction of sp³-hybridized carbons (Fsp3) is 0.391. The maximum absolute atomic E-state index is 2.60. The average Bonchev–Trinajstić information content (AvgIpc) is 2.56. The number of hydrogen-bond donors (Lipinski definition) is 0. The molecule has 1 atom stereocenters. The molecule has 0 amide bonds. The molecule has 2 aromatic carbocycles. The van der Waals surface area contributed by atoms with E-state index in [-0.39, 0.29) is 0 Å². The minimum absolute atomic E-state index is 0.335. The fourth-order valence-electron chi connectivity index (χ4n) is 4.40. The number of allylic oxidation sites excluding steroid dienone is 2. The lowest BCUT2D eigenvalue weighted by molar-refractivity contribution is 0.394. The van der Waals surface area contributed by atoms with E-state index in [0.717, 1.165) is 0 Å². The van der Waals surface area contributed by atoms with Gasteiger partial charge in [-0.25, -0.2) is 0 Å². The van der Waals surface area contributed by atoms with Crippen molar-refractivity contribution >= 4 is 13.3 Å². The Labute approximate surface area is 148 Å². The second-order valence-electron chi connectivity index (χ2n) is 8.49. The van der Waals surface area contributed by atoms with Crippen molar-refractivity contribution in [2.45, 2.75) is 51.7 Å². The highest BCUT2D eigenvalue weighted by atomic mass is 28.3. The van der Waals surface area contributed by atoms with Crippen molar-refractivity contribution in [3.8, 4) is 0 Å². The first-order chi connectivity index (χ1) is 11.4. The van der Waals surface area contributed by atoms with Crippen molar-refractivity contribution in [3.05, 3.63) is 77.9 Å². The van der Waals surface area contributed by atoms with E-state index < -0.39 is 8.07 Å². The summed E-state index contributed by atoms with van der Waals surface area (Å²) < 4.78 is 0. The van der Waals surface area contributed by atoms with Gasteiger partial charge in [-0.05, 0) is 30.2 Å². The first-order valence-electron chi connectivity index (χ1n) is 9.22. The summed E-state index contributed by atoms with van der Waals surface area (Å²) in [7, 11) is -1.67. The van der Waals surface area contributed by atoms with Gasteiger partial charge in [-0.2, -0.15) is 0 Å². The number of rotatable bonds is 4. The summed E-state index contributed by atoms with van der Waals surface area (Å²) in [6, 6.07) is 22.4. The topological polar surface area (TPSA) is 0 Å². The third-order valence-corrected chi connectivity index (χ3v) is 9.57. The van der Waals surface area contributed by atoms with Gasteiger partial charge in [0.15, 0.2) is 0 Å². The Kier molecular flexibility index (Phi) is 4.82. The normalized spacial score (nSPS) is 18.8. The first-order valence-corrected chi connectivity index (χ1v) is 12.3. The van der Waals surface area contributed by atoms with Crippen LogP contribution in [0.2, 0.25) is 13.1 Å². The largest absolute Gasteiger partial charge is 0.0922 e. The summed E-state index contributed by atoms with van der Waals surface area (Å²) >= 11 is 0. The van der Waals surface area contributed by atoms with Crippen LogP contribution in [-0.2, 0) is 0 Å². The van der Waals surface area contributed by atoms with E-state index in [4.69, 9.17) is 0 Å². The van der Waals surface area contributed by atoms with Crippen LogP contribution in [-0.4, -0.2) is 8.07 Å². The van der Waals surface area contributed by atoms with E-state index in [1.54, 1.807) is 10.8 Å². The highest BCUT2D eigenvalue weighted by Crippen LogP contribution is 2.42. The molecule has 1 heteroatoms. The van der Waals surface area contributed by atoms with E-state index in [2.05, 4.69) is 93.7 Å². The maximum Gasteiger partial charge on any atom is 0.0922 e. The van der Waals surface area contributed by atoms with Gasteiger partial charge in [0.1, 0.15) is 0 Å². The summed E-state index contributed by atoms with van der Waals surface area (Å²) in [6.45, 7) is 9.88. The molecule has 1 aliphatic rings. The molecule has 0 spiro atoms. The molecule has 2 aromatic rings. The van der Waals surface area contributed by atoms with E-state index in [1.165, 1.54) is 24.8 Å². The third kappa shape index (κ3) is 3.56. The van der Waals surface area contributed by atoms with Crippen LogP contribution in [0, 0.1) is 5.41 Å². The summed E-state index contributed by atoms with van der Waals surface area (Å²) in [4.78, 5) is 0. The van der Waals surface area contributed by atoms with E-state index in [0.29, 0.717) is 11.0 Å². The summed E-state index contributed by atoms with van der Waals surface area (Å²) in [5.74, 6) is 0. The molecule has 0 heterocycles. The van der Waals surface area contributed by atoms with Gasteiger partial charge in [0.05, 0.1) is 8.07 Å². The zero-order valence-electron chi connectivity index (χ0n) is 15.5. The Morgan fingerprint density at radius 1 is 0.875 bits per heavy atom. The minimum Gasteiger partial charge on any atom is -0.0793 e. The molecule has 126 valence electrons. The van der Waals surface area contributed by atoms with Gasteiger partial charge < -0.3 is 0 Å². The van der Waals surface area contributed by atoms with E-state index >= 15 is 0 Å². The monoisotopic (exact) mass is 334 g/mol. The predicted octanol–water partition coefficient (Wildman–Crippen LogP) is 6.06. The Bertz CT molecular complexity index is 695. The van der Waals surface area contributed by atoms with Crippen molar-refractivity contribution in [2.75, 3.05) is 0 Å². The van der Waals surface area contributed by atoms with E-state index in [9.17, 15) is 0 Å². The molecule has 0 radical (unpaired) electrons. The molecule has 1 aliphatic carbocycles. The van der Waals surface area contributed by atoms with Gasteiger partial charge in [0, 0.05) is 5.54 Å². The van der Waals surface area contributed by atoms with Crippen LogP contribution < -0.4 is 5.19 Å². The molecule has 0 saturated heterocycles. The maximum atomic E-state index is 2.60. The summed E-state index contributed by atoms with van der Waals surface area (Å²) in [6.07, 6.45) is 6.49. The lowest BCUT2D eigenvalue weighted by atomic mass is 9.78. The van der Waals surface area contributed by atoms with Crippen molar-refractivity contribution in [3.63, 3.8) is 0 Å². The molecule has 0 aromatic heterocycles. The highest BCUT2D eigenvalue weighted by molar-refractivity contribution is 6.91. The first kappa shape index (κ1) is 17.2. The van der Waals surface area contributed by atoms with Gasteiger partial charge >= 0.3 is 0 Å². The number of hydrogen-bond acceptors (Lipinski definition) is 0. The Balaban J connectivity index is 2.11. The van der Waals surface area contributed by atoms with Gasteiger partial charge in [-0.15, -0.1) is 0 Å². The molecular formula is C23H30Si. The quantitative estimate of drug-likeness (QED) is 0.471. The van der Waals surface area contributed by atoms with Crippen molar-refractivity contribution < 1.29 is 0 Å². The van der Waals surface area contributed by atoms with Crippen LogP contribution in [0.3, 0.4) is 0 Å². The molecule has 0 saturated carbocycles. The van der Waals surface area contributed by atoms with Crippen LogP contribution in [0.1, 0.15) is 44.2 Å². The molecular weight excluding hydrogens is 304 g/mol. The summed E-state index contributed by atoms with van der Waals surface area (Å²) in [5, 5.41) is 1.56. The van der Waals surface area contributed by atoms with Crippen LogP contribution in [0.15, 0.2) is 72.3 Å². The Morgan fingerprint density at radius 3 is 2.04 bits per heavy atom. The van der Waals surface area contributed by atoms with Crippen LogP contribution in [0.5, 0.6) is 0 Å². The summed E-state index contributed by atoms with van der Waals surface area (Å²) in [5.41, 5.74) is 4.09. The van der Waals surface area contributed by atoms with E-state index in [1.807, 2.05) is 0 Å². The average molecular weight is 335 g/mol. The van der Waals surface area contributed by atoms with Crippen molar-refractivity contribution in [1.82, 2.24) is 0 Å².